The second kappa shape index (κ2) is 9.47. The van der Waals surface area contributed by atoms with Gasteiger partial charge in [-0.05, 0) is 49.1 Å². The molecule has 1 N–H and O–H groups in total. The molecule has 29 heavy (non-hydrogen) atoms. The Morgan fingerprint density at radius 1 is 1.14 bits per heavy atom. The third kappa shape index (κ3) is 5.29. The summed E-state index contributed by atoms with van der Waals surface area (Å²) in [7, 11) is 0. The summed E-state index contributed by atoms with van der Waals surface area (Å²) in [5.74, 6) is -0.620. The van der Waals surface area contributed by atoms with Crippen LogP contribution in [0.3, 0.4) is 0 Å². The van der Waals surface area contributed by atoms with Gasteiger partial charge in [0, 0.05) is 11.8 Å². The highest BCUT2D eigenvalue weighted by Gasteiger charge is 2.19. The molecule has 0 aliphatic rings. The van der Waals surface area contributed by atoms with Gasteiger partial charge in [0.2, 0.25) is 0 Å². The summed E-state index contributed by atoms with van der Waals surface area (Å²) in [5, 5.41) is 3.58. The van der Waals surface area contributed by atoms with E-state index in [4.69, 9.17) is 4.74 Å². The van der Waals surface area contributed by atoms with Crippen molar-refractivity contribution in [2.75, 3.05) is 5.32 Å². The summed E-state index contributed by atoms with van der Waals surface area (Å²) in [6.45, 7) is 5.78. The molecule has 0 aliphatic heterocycles. The fourth-order valence-electron chi connectivity index (χ4n) is 2.86. The van der Waals surface area contributed by atoms with Gasteiger partial charge in [0.25, 0.3) is 5.91 Å². The number of fused-ring (bicyclic) bond motifs is 1. The van der Waals surface area contributed by atoms with Crippen LogP contribution in [0, 0.1) is 0 Å². The summed E-state index contributed by atoms with van der Waals surface area (Å²) in [6.07, 6.45) is 2.96. The standard InChI is InChI=1S/C23H24N2O3S/c1-4-15(2)17-9-5-6-10-18(17)25-23(27)16(3)28-22(26)14-13-21-24-19-11-7-8-12-20(19)29-21/h5-16H,4H2,1-3H3,(H,25,27)/b14-13+/t15-,16+/m0/s1. The number of ether oxygens (including phenoxy) is 1. The molecule has 0 radical (unpaired) electrons. The van der Waals surface area contributed by atoms with E-state index in [0.717, 1.165) is 27.9 Å². The van der Waals surface area contributed by atoms with Crippen LogP contribution in [-0.2, 0) is 14.3 Å². The third-order valence-corrected chi connectivity index (χ3v) is 5.70. The van der Waals surface area contributed by atoms with E-state index in [-0.39, 0.29) is 5.91 Å². The zero-order valence-electron chi connectivity index (χ0n) is 16.7. The molecule has 1 heterocycles. The second-order valence-corrected chi connectivity index (χ2v) is 7.88. The van der Waals surface area contributed by atoms with Crippen molar-refractivity contribution in [3.63, 3.8) is 0 Å². The molecule has 3 aromatic rings. The second-order valence-electron chi connectivity index (χ2n) is 6.82. The van der Waals surface area contributed by atoms with E-state index in [9.17, 15) is 9.59 Å². The molecular weight excluding hydrogens is 384 g/mol. The summed E-state index contributed by atoms with van der Waals surface area (Å²) < 4.78 is 6.30. The molecule has 0 saturated carbocycles. The minimum absolute atomic E-state index is 0.320. The lowest BCUT2D eigenvalue weighted by Gasteiger charge is -2.17. The van der Waals surface area contributed by atoms with Crippen LogP contribution in [0.5, 0.6) is 0 Å². The number of thiazole rings is 1. The number of hydrogen-bond donors (Lipinski definition) is 1. The molecule has 0 unspecified atom stereocenters. The molecule has 1 amide bonds. The highest BCUT2D eigenvalue weighted by Crippen LogP contribution is 2.26. The van der Waals surface area contributed by atoms with Crippen LogP contribution < -0.4 is 5.32 Å². The number of aromatic nitrogens is 1. The number of carbonyl (C=O) groups is 2. The number of nitrogens with one attached hydrogen (secondary N) is 1. The largest absolute Gasteiger partial charge is 0.449 e. The van der Waals surface area contributed by atoms with Crippen molar-refractivity contribution >= 4 is 45.2 Å². The summed E-state index contributed by atoms with van der Waals surface area (Å²) in [4.78, 5) is 29.0. The van der Waals surface area contributed by atoms with Gasteiger partial charge in [0.1, 0.15) is 5.01 Å². The van der Waals surface area contributed by atoms with E-state index in [1.165, 1.54) is 17.4 Å². The normalized spacial score (nSPS) is 13.3. The Balaban J connectivity index is 1.60. The minimum atomic E-state index is -0.910. The van der Waals surface area contributed by atoms with Crippen LogP contribution in [0.15, 0.2) is 54.6 Å². The van der Waals surface area contributed by atoms with E-state index in [0.29, 0.717) is 10.9 Å². The molecule has 6 heteroatoms. The Labute approximate surface area is 174 Å². The average Bonchev–Trinajstić information content (AvgIpc) is 3.15. The lowest BCUT2D eigenvalue weighted by molar-refractivity contribution is -0.148. The van der Waals surface area contributed by atoms with Gasteiger partial charge in [-0.1, -0.05) is 44.2 Å². The molecule has 2 atom stereocenters. The van der Waals surface area contributed by atoms with E-state index in [1.807, 2.05) is 48.5 Å². The van der Waals surface area contributed by atoms with E-state index in [2.05, 4.69) is 24.1 Å². The molecule has 3 rings (SSSR count). The summed E-state index contributed by atoms with van der Waals surface area (Å²) in [6, 6.07) is 15.5. The number of esters is 1. The molecule has 0 spiro atoms. The molecule has 2 aromatic carbocycles. The molecule has 0 aliphatic carbocycles. The first kappa shape index (κ1) is 20.7. The van der Waals surface area contributed by atoms with Crippen molar-refractivity contribution in [2.24, 2.45) is 0 Å². The van der Waals surface area contributed by atoms with Crippen LogP contribution in [0.1, 0.15) is 43.7 Å². The SMILES string of the molecule is CC[C@H](C)c1ccccc1NC(=O)[C@@H](C)OC(=O)/C=C/c1nc2ccccc2s1. The first-order valence-electron chi connectivity index (χ1n) is 9.62. The molecule has 0 bridgehead atoms. The quantitative estimate of drug-likeness (QED) is 0.420. The molecular formula is C23H24N2O3S. The Bertz CT molecular complexity index is 1010. The molecule has 0 fully saturated rings. The van der Waals surface area contributed by atoms with Crippen LogP contribution in [-0.4, -0.2) is 23.0 Å². The van der Waals surface area contributed by atoms with Crippen molar-refractivity contribution in [2.45, 2.75) is 39.2 Å². The van der Waals surface area contributed by atoms with Crippen LogP contribution in [0.2, 0.25) is 0 Å². The van der Waals surface area contributed by atoms with Crippen LogP contribution in [0.25, 0.3) is 16.3 Å². The van der Waals surface area contributed by atoms with Gasteiger partial charge in [0.05, 0.1) is 10.2 Å². The van der Waals surface area contributed by atoms with Gasteiger partial charge in [-0.15, -0.1) is 11.3 Å². The Morgan fingerprint density at radius 3 is 2.62 bits per heavy atom. The maximum Gasteiger partial charge on any atom is 0.331 e. The van der Waals surface area contributed by atoms with Crippen molar-refractivity contribution < 1.29 is 14.3 Å². The number of nitrogens with zero attached hydrogens (tertiary/aromatic N) is 1. The Kier molecular flexibility index (Phi) is 6.77. The molecule has 5 nitrogen and oxygen atoms in total. The number of carbonyl (C=O) groups excluding carboxylic acids is 2. The highest BCUT2D eigenvalue weighted by molar-refractivity contribution is 7.19. The topological polar surface area (TPSA) is 68.3 Å². The van der Waals surface area contributed by atoms with Crippen molar-refractivity contribution in [1.82, 2.24) is 4.98 Å². The number of amides is 1. The fourth-order valence-corrected chi connectivity index (χ4v) is 3.73. The van der Waals surface area contributed by atoms with E-state index < -0.39 is 12.1 Å². The molecule has 1 aromatic heterocycles. The van der Waals surface area contributed by atoms with Gasteiger partial charge >= 0.3 is 5.97 Å². The smallest absolute Gasteiger partial charge is 0.331 e. The van der Waals surface area contributed by atoms with Gasteiger partial charge < -0.3 is 10.1 Å². The zero-order valence-corrected chi connectivity index (χ0v) is 17.5. The van der Waals surface area contributed by atoms with Gasteiger partial charge in [0.15, 0.2) is 6.10 Å². The predicted octanol–water partition coefficient (Wildman–Crippen LogP) is 5.39. The third-order valence-electron chi connectivity index (χ3n) is 4.70. The maximum absolute atomic E-state index is 12.5. The van der Waals surface area contributed by atoms with Crippen molar-refractivity contribution in [3.8, 4) is 0 Å². The number of hydrogen-bond acceptors (Lipinski definition) is 5. The van der Waals surface area contributed by atoms with Gasteiger partial charge in [-0.3, -0.25) is 4.79 Å². The fraction of sp³-hybridized carbons (Fsp3) is 0.261. The van der Waals surface area contributed by atoms with E-state index >= 15 is 0 Å². The van der Waals surface area contributed by atoms with Crippen molar-refractivity contribution in [3.05, 3.63) is 65.2 Å². The van der Waals surface area contributed by atoms with Gasteiger partial charge in [-0.25, -0.2) is 9.78 Å². The Morgan fingerprint density at radius 2 is 1.86 bits per heavy atom. The van der Waals surface area contributed by atoms with Crippen molar-refractivity contribution in [1.29, 1.82) is 0 Å². The molecule has 150 valence electrons. The number of rotatable bonds is 7. The zero-order chi connectivity index (χ0) is 20.8. The number of benzene rings is 2. The average molecular weight is 409 g/mol. The lowest BCUT2D eigenvalue weighted by atomic mass is 9.97. The predicted molar refractivity (Wildman–Crippen MR) is 118 cm³/mol. The monoisotopic (exact) mass is 408 g/mol. The minimum Gasteiger partial charge on any atom is -0.449 e. The number of para-hydroxylation sites is 2. The first-order valence-corrected chi connectivity index (χ1v) is 10.4. The summed E-state index contributed by atoms with van der Waals surface area (Å²) >= 11 is 1.49. The van der Waals surface area contributed by atoms with Crippen LogP contribution >= 0.6 is 11.3 Å². The molecule has 0 saturated heterocycles. The lowest BCUT2D eigenvalue weighted by Crippen LogP contribution is -2.29. The van der Waals surface area contributed by atoms with E-state index in [1.54, 1.807) is 13.0 Å². The van der Waals surface area contributed by atoms with Gasteiger partial charge in [-0.2, -0.15) is 0 Å². The first-order chi connectivity index (χ1) is 14.0. The summed E-state index contributed by atoms with van der Waals surface area (Å²) in [5.41, 5.74) is 2.70. The maximum atomic E-state index is 12.5. The number of anilines is 1. The Hall–Kier alpha value is -2.99. The highest BCUT2D eigenvalue weighted by atomic mass is 32.1. The van der Waals surface area contributed by atoms with Crippen LogP contribution in [0.4, 0.5) is 5.69 Å².